The summed E-state index contributed by atoms with van der Waals surface area (Å²) >= 11 is 1.85. The number of anilines is 2. The number of rotatable bonds is 2. The van der Waals surface area contributed by atoms with Gasteiger partial charge in [0.25, 0.3) is 0 Å². The standard InChI is InChI=1S/C29H21N3S/c1-32-26-12-10-20(24-14-18-6-2-4-8-22(18)30-24)16-28(26)33-29-17-21(11-13-27(29)32)25-15-19-7-3-5-9-23(19)31-25/h2-17,30-31H,1H3. The van der Waals surface area contributed by atoms with Crippen LogP contribution in [0.1, 0.15) is 0 Å². The van der Waals surface area contributed by atoms with Crippen LogP contribution in [0.25, 0.3) is 44.3 Å². The van der Waals surface area contributed by atoms with Gasteiger partial charge in [0.15, 0.2) is 0 Å². The van der Waals surface area contributed by atoms with Gasteiger partial charge in [-0.3, -0.25) is 0 Å². The van der Waals surface area contributed by atoms with Crippen molar-refractivity contribution in [1.29, 1.82) is 0 Å². The van der Waals surface area contributed by atoms with Crippen molar-refractivity contribution in [2.24, 2.45) is 0 Å². The van der Waals surface area contributed by atoms with Crippen molar-refractivity contribution in [3.8, 4) is 22.5 Å². The van der Waals surface area contributed by atoms with Crippen molar-refractivity contribution >= 4 is 44.9 Å². The quantitative estimate of drug-likeness (QED) is 0.283. The minimum atomic E-state index is 1.15. The summed E-state index contributed by atoms with van der Waals surface area (Å²) in [6.07, 6.45) is 0. The number of H-pyrrole nitrogens is 2. The molecule has 0 aliphatic carbocycles. The predicted octanol–water partition coefficient (Wildman–Crippen LogP) is 8.22. The molecule has 0 radical (unpaired) electrons. The molecule has 33 heavy (non-hydrogen) atoms. The molecule has 0 spiro atoms. The topological polar surface area (TPSA) is 34.8 Å². The Morgan fingerprint density at radius 2 is 1.06 bits per heavy atom. The van der Waals surface area contributed by atoms with Crippen molar-refractivity contribution in [3.63, 3.8) is 0 Å². The van der Waals surface area contributed by atoms with Gasteiger partial charge in [-0.25, -0.2) is 0 Å². The van der Waals surface area contributed by atoms with Gasteiger partial charge in [0.2, 0.25) is 0 Å². The molecule has 158 valence electrons. The summed E-state index contributed by atoms with van der Waals surface area (Å²) < 4.78 is 0. The number of aromatic amines is 2. The lowest BCUT2D eigenvalue weighted by molar-refractivity contribution is 1.11. The maximum atomic E-state index is 3.57. The van der Waals surface area contributed by atoms with E-state index in [2.05, 4.69) is 119 Å². The van der Waals surface area contributed by atoms with Gasteiger partial charge in [0.05, 0.1) is 11.4 Å². The molecule has 3 nitrogen and oxygen atoms in total. The van der Waals surface area contributed by atoms with Crippen LogP contribution in [0.15, 0.2) is 107 Å². The zero-order valence-corrected chi connectivity index (χ0v) is 18.9. The Hall–Kier alpha value is -3.89. The summed E-state index contributed by atoms with van der Waals surface area (Å²) in [4.78, 5) is 12.0. The second-order valence-electron chi connectivity index (χ2n) is 8.57. The molecule has 7 rings (SSSR count). The van der Waals surface area contributed by atoms with Crippen LogP contribution in [0.2, 0.25) is 0 Å². The number of benzene rings is 4. The Morgan fingerprint density at radius 1 is 0.576 bits per heavy atom. The smallest absolute Gasteiger partial charge is 0.0550 e. The highest BCUT2D eigenvalue weighted by atomic mass is 32.2. The molecule has 4 heteroatoms. The molecule has 2 N–H and O–H groups in total. The monoisotopic (exact) mass is 443 g/mol. The molecule has 0 amide bonds. The third-order valence-electron chi connectivity index (χ3n) is 6.54. The zero-order chi connectivity index (χ0) is 21.9. The Balaban J connectivity index is 1.29. The fourth-order valence-corrected chi connectivity index (χ4v) is 6.01. The fraction of sp³-hybridized carbons (Fsp3) is 0.0345. The second kappa shape index (κ2) is 7.06. The molecule has 0 saturated heterocycles. The third-order valence-corrected chi connectivity index (χ3v) is 7.64. The average molecular weight is 444 g/mol. The maximum absolute atomic E-state index is 3.57. The Labute approximate surface area is 196 Å². The van der Waals surface area contributed by atoms with Gasteiger partial charge < -0.3 is 14.9 Å². The van der Waals surface area contributed by atoms with Gasteiger partial charge in [-0.05, 0) is 59.7 Å². The van der Waals surface area contributed by atoms with Crippen molar-refractivity contribution in [2.45, 2.75) is 9.79 Å². The highest BCUT2D eigenvalue weighted by Crippen LogP contribution is 2.49. The SMILES string of the molecule is CN1c2ccc(-c3cc4ccccc4[nH]3)cc2Sc2cc(-c3cc4ccccc4[nH]3)ccc21. The first kappa shape index (κ1) is 18.7. The van der Waals surface area contributed by atoms with E-state index in [-0.39, 0.29) is 0 Å². The van der Waals surface area contributed by atoms with E-state index in [1.54, 1.807) is 0 Å². The number of hydrogen-bond acceptors (Lipinski definition) is 2. The third kappa shape index (κ3) is 2.99. The van der Waals surface area contributed by atoms with Crippen LogP contribution in [0.4, 0.5) is 11.4 Å². The number of para-hydroxylation sites is 2. The Bertz CT molecular complexity index is 1480. The van der Waals surface area contributed by atoms with E-state index in [1.807, 2.05) is 11.8 Å². The summed E-state index contributed by atoms with van der Waals surface area (Å²) in [6, 6.07) is 34.8. The first-order valence-corrected chi connectivity index (χ1v) is 11.9. The van der Waals surface area contributed by atoms with Gasteiger partial charge in [0, 0.05) is 50.0 Å². The molecule has 2 aromatic heterocycles. The lowest BCUT2D eigenvalue weighted by atomic mass is 10.1. The van der Waals surface area contributed by atoms with Gasteiger partial charge in [-0.1, -0.05) is 60.3 Å². The van der Waals surface area contributed by atoms with Crippen LogP contribution >= 0.6 is 11.8 Å². The maximum Gasteiger partial charge on any atom is 0.0550 e. The zero-order valence-electron chi connectivity index (χ0n) is 18.1. The summed E-state index contributed by atoms with van der Waals surface area (Å²) in [6.45, 7) is 0. The number of nitrogens with one attached hydrogen (secondary N) is 2. The Morgan fingerprint density at radius 3 is 1.55 bits per heavy atom. The molecule has 1 aliphatic heterocycles. The van der Waals surface area contributed by atoms with Gasteiger partial charge in [-0.2, -0.15) is 0 Å². The van der Waals surface area contributed by atoms with Gasteiger partial charge >= 0.3 is 0 Å². The van der Waals surface area contributed by atoms with E-state index in [1.165, 1.54) is 54.1 Å². The lowest BCUT2D eigenvalue weighted by Crippen LogP contribution is -2.14. The lowest BCUT2D eigenvalue weighted by Gasteiger charge is -2.30. The summed E-state index contributed by atoms with van der Waals surface area (Å²) in [5.41, 5.74) is 9.55. The number of fused-ring (bicyclic) bond motifs is 4. The summed E-state index contributed by atoms with van der Waals surface area (Å²) in [5, 5.41) is 2.48. The summed E-state index contributed by atoms with van der Waals surface area (Å²) in [7, 11) is 2.16. The van der Waals surface area contributed by atoms with Crippen LogP contribution < -0.4 is 4.90 Å². The highest BCUT2D eigenvalue weighted by molar-refractivity contribution is 7.99. The van der Waals surface area contributed by atoms with Crippen LogP contribution in [-0.2, 0) is 0 Å². The first-order chi connectivity index (χ1) is 16.2. The predicted molar refractivity (Wildman–Crippen MR) is 140 cm³/mol. The minimum Gasteiger partial charge on any atom is -0.355 e. The second-order valence-corrected chi connectivity index (χ2v) is 9.65. The van der Waals surface area contributed by atoms with Crippen molar-refractivity contribution in [1.82, 2.24) is 9.97 Å². The number of aromatic nitrogens is 2. The van der Waals surface area contributed by atoms with Crippen LogP contribution in [-0.4, -0.2) is 17.0 Å². The first-order valence-electron chi connectivity index (χ1n) is 11.1. The molecule has 0 atom stereocenters. The molecule has 1 aliphatic rings. The molecule has 0 unspecified atom stereocenters. The van der Waals surface area contributed by atoms with E-state index in [9.17, 15) is 0 Å². The fourth-order valence-electron chi connectivity index (χ4n) is 4.79. The number of nitrogens with zero attached hydrogens (tertiary/aromatic N) is 1. The normalized spacial score (nSPS) is 12.8. The van der Waals surface area contributed by atoms with E-state index < -0.39 is 0 Å². The number of hydrogen-bond donors (Lipinski definition) is 2. The van der Waals surface area contributed by atoms with Crippen LogP contribution in [0, 0.1) is 0 Å². The summed E-state index contributed by atoms with van der Waals surface area (Å²) in [5.74, 6) is 0. The molecule has 0 fully saturated rings. The van der Waals surface area contributed by atoms with Crippen molar-refractivity contribution in [3.05, 3.63) is 97.1 Å². The van der Waals surface area contributed by atoms with Crippen molar-refractivity contribution in [2.75, 3.05) is 11.9 Å². The average Bonchev–Trinajstić information content (AvgIpc) is 3.48. The molecule has 6 aromatic rings. The van der Waals surface area contributed by atoms with E-state index >= 15 is 0 Å². The largest absolute Gasteiger partial charge is 0.355 e. The molecular formula is C29H21N3S. The highest BCUT2D eigenvalue weighted by Gasteiger charge is 2.22. The molecule has 4 aromatic carbocycles. The molecule has 0 saturated carbocycles. The van der Waals surface area contributed by atoms with Gasteiger partial charge in [-0.15, -0.1) is 0 Å². The van der Waals surface area contributed by atoms with E-state index in [0.717, 1.165) is 11.4 Å². The van der Waals surface area contributed by atoms with Gasteiger partial charge in [0.1, 0.15) is 0 Å². The molecule has 0 bridgehead atoms. The minimum absolute atomic E-state index is 1.15. The van der Waals surface area contributed by atoms with Crippen molar-refractivity contribution < 1.29 is 0 Å². The van der Waals surface area contributed by atoms with Crippen LogP contribution in [0.3, 0.4) is 0 Å². The van der Waals surface area contributed by atoms with E-state index in [4.69, 9.17) is 0 Å². The Kier molecular flexibility index (Phi) is 3.99. The van der Waals surface area contributed by atoms with E-state index in [0.29, 0.717) is 0 Å². The molecule has 3 heterocycles. The van der Waals surface area contributed by atoms with Crippen LogP contribution in [0.5, 0.6) is 0 Å². The molecular weight excluding hydrogens is 422 g/mol.